The Hall–Kier alpha value is -2.20. The van der Waals surface area contributed by atoms with Crippen molar-refractivity contribution in [1.29, 1.82) is 0 Å². The Balaban J connectivity index is 1.54. The summed E-state index contributed by atoms with van der Waals surface area (Å²) in [6.45, 7) is 5.24. The lowest BCUT2D eigenvalue weighted by atomic mass is 10.2. The van der Waals surface area contributed by atoms with Crippen molar-refractivity contribution in [2.75, 3.05) is 31.1 Å². The van der Waals surface area contributed by atoms with Gasteiger partial charge in [-0.1, -0.05) is 23.2 Å². The standard InChI is InChI=1S/C19H20Cl2N6O2S/c1-13-9-17(16(21)10-15(13)20)30(28,29)27-7-5-25(6-8-27)18-11-19(24-14(2)23-18)26-4-3-22-12-26/h3-4,9-12H,5-8H2,1-2H3. The molecule has 1 saturated heterocycles. The van der Waals surface area contributed by atoms with Crippen molar-refractivity contribution >= 4 is 39.0 Å². The number of halogens is 2. The molecular weight excluding hydrogens is 447 g/mol. The van der Waals surface area contributed by atoms with E-state index in [-0.39, 0.29) is 9.92 Å². The van der Waals surface area contributed by atoms with Gasteiger partial charge in [-0.25, -0.2) is 23.4 Å². The maximum Gasteiger partial charge on any atom is 0.244 e. The summed E-state index contributed by atoms with van der Waals surface area (Å²) in [5, 5.41) is 0.570. The first-order valence-corrected chi connectivity index (χ1v) is 11.5. The van der Waals surface area contributed by atoms with Crippen LogP contribution >= 0.6 is 23.2 Å². The van der Waals surface area contributed by atoms with Gasteiger partial charge in [0.1, 0.15) is 28.7 Å². The normalized spacial score (nSPS) is 15.5. The molecule has 11 heteroatoms. The molecule has 1 aliphatic heterocycles. The van der Waals surface area contributed by atoms with Crippen LogP contribution in [-0.4, -0.2) is 58.4 Å². The van der Waals surface area contributed by atoms with E-state index in [1.54, 1.807) is 19.4 Å². The van der Waals surface area contributed by atoms with Crippen LogP contribution in [0.25, 0.3) is 5.82 Å². The van der Waals surface area contributed by atoms with Gasteiger partial charge in [-0.3, -0.25) is 4.57 Å². The second-order valence-corrected chi connectivity index (χ2v) is 9.75. The fourth-order valence-corrected chi connectivity index (χ4v) is 5.58. The average molecular weight is 467 g/mol. The highest BCUT2D eigenvalue weighted by Gasteiger charge is 2.31. The molecule has 4 rings (SSSR count). The predicted molar refractivity (Wildman–Crippen MR) is 116 cm³/mol. The molecule has 0 aliphatic carbocycles. The van der Waals surface area contributed by atoms with E-state index in [0.29, 0.717) is 48.4 Å². The predicted octanol–water partition coefficient (Wildman–Crippen LogP) is 3.10. The Morgan fingerprint density at radius 2 is 1.63 bits per heavy atom. The highest BCUT2D eigenvalue weighted by molar-refractivity contribution is 7.89. The Kier molecular flexibility index (Phi) is 5.71. The molecule has 0 unspecified atom stereocenters. The Bertz CT molecular complexity index is 1180. The minimum absolute atomic E-state index is 0.0831. The molecule has 30 heavy (non-hydrogen) atoms. The molecule has 1 aromatic carbocycles. The molecular formula is C19H20Cl2N6O2S. The third-order valence-corrected chi connectivity index (χ3v) is 7.74. The van der Waals surface area contributed by atoms with Crippen molar-refractivity contribution in [3.05, 3.63) is 58.4 Å². The number of sulfonamides is 1. The van der Waals surface area contributed by atoms with Crippen LogP contribution in [0.3, 0.4) is 0 Å². The quantitative estimate of drug-likeness (QED) is 0.587. The number of hydrogen-bond donors (Lipinski definition) is 0. The van der Waals surface area contributed by atoms with Gasteiger partial charge in [-0.05, 0) is 31.5 Å². The van der Waals surface area contributed by atoms with E-state index < -0.39 is 10.0 Å². The number of nitrogens with zero attached hydrogens (tertiary/aromatic N) is 6. The summed E-state index contributed by atoms with van der Waals surface area (Å²) < 4.78 is 29.5. The topological polar surface area (TPSA) is 84.2 Å². The van der Waals surface area contributed by atoms with Crippen LogP contribution in [0.2, 0.25) is 10.0 Å². The molecule has 0 atom stereocenters. The van der Waals surface area contributed by atoms with Crippen LogP contribution in [0.4, 0.5) is 5.82 Å². The van der Waals surface area contributed by atoms with E-state index in [1.165, 1.54) is 16.4 Å². The first kappa shape index (κ1) is 21.0. The Labute approximate surface area is 185 Å². The summed E-state index contributed by atoms with van der Waals surface area (Å²) >= 11 is 12.2. The van der Waals surface area contributed by atoms with Crippen LogP contribution in [0.5, 0.6) is 0 Å². The maximum atomic E-state index is 13.1. The van der Waals surface area contributed by atoms with E-state index in [2.05, 4.69) is 19.9 Å². The fraction of sp³-hybridized carbons (Fsp3) is 0.316. The smallest absolute Gasteiger partial charge is 0.244 e. The number of imidazole rings is 1. The number of piperazine rings is 1. The molecule has 0 N–H and O–H groups in total. The highest BCUT2D eigenvalue weighted by Crippen LogP contribution is 2.31. The van der Waals surface area contributed by atoms with Crippen molar-refractivity contribution in [1.82, 2.24) is 23.8 Å². The summed E-state index contributed by atoms with van der Waals surface area (Å²) in [5.74, 6) is 2.10. The van der Waals surface area contributed by atoms with Crippen molar-refractivity contribution < 1.29 is 8.42 Å². The van der Waals surface area contributed by atoms with Gasteiger partial charge in [0.2, 0.25) is 10.0 Å². The van der Waals surface area contributed by atoms with Gasteiger partial charge in [0.15, 0.2) is 0 Å². The lowest BCUT2D eigenvalue weighted by Gasteiger charge is -2.35. The van der Waals surface area contributed by atoms with E-state index >= 15 is 0 Å². The molecule has 8 nitrogen and oxygen atoms in total. The molecule has 0 saturated carbocycles. The van der Waals surface area contributed by atoms with Gasteiger partial charge in [0.25, 0.3) is 0 Å². The van der Waals surface area contributed by atoms with Gasteiger partial charge < -0.3 is 4.90 Å². The summed E-state index contributed by atoms with van der Waals surface area (Å²) in [7, 11) is -3.72. The molecule has 158 valence electrons. The van der Waals surface area contributed by atoms with Gasteiger partial charge in [-0.2, -0.15) is 4.31 Å². The summed E-state index contributed by atoms with van der Waals surface area (Å²) in [6, 6.07) is 4.87. The lowest BCUT2D eigenvalue weighted by molar-refractivity contribution is 0.383. The van der Waals surface area contributed by atoms with Crippen molar-refractivity contribution in [3.63, 3.8) is 0 Å². The first-order chi connectivity index (χ1) is 14.3. The minimum atomic E-state index is -3.72. The number of hydrogen-bond acceptors (Lipinski definition) is 6. The van der Waals surface area contributed by atoms with Crippen LogP contribution in [0.15, 0.2) is 41.8 Å². The van der Waals surface area contributed by atoms with Crippen LogP contribution < -0.4 is 4.90 Å². The third kappa shape index (κ3) is 4.02. The molecule has 1 aliphatic rings. The van der Waals surface area contributed by atoms with Crippen molar-refractivity contribution in [2.45, 2.75) is 18.7 Å². The van der Waals surface area contributed by atoms with Gasteiger partial charge >= 0.3 is 0 Å². The SMILES string of the molecule is Cc1nc(N2CCN(S(=O)(=O)c3cc(C)c(Cl)cc3Cl)CC2)cc(-n2ccnc2)n1. The summed E-state index contributed by atoms with van der Waals surface area (Å²) in [6.07, 6.45) is 5.17. The number of aromatic nitrogens is 4. The molecule has 3 heterocycles. The van der Waals surface area contributed by atoms with E-state index in [0.717, 1.165) is 5.82 Å². The first-order valence-electron chi connectivity index (χ1n) is 9.30. The van der Waals surface area contributed by atoms with Crippen molar-refractivity contribution in [3.8, 4) is 5.82 Å². The fourth-order valence-electron chi connectivity index (χ4n) is 3.35. The number of benzene rings is 1. The third-order valence-electron chi connectivity index (χ3n) is 4.97. The minimum Gasteiger partial charge on any atom is -0.354 e. The second kappa shape index (κ2) is 8.14. The van der Waals surface area contributed by atoms with Crippen LogP contribution in [0, 0.1) is 13.8 Å². The van der Waals surface area contributed by atoms with E-state index in [4.69, 9.17) is 23.2 Å². The zero-order valence-corrected chi connectivity index (χ0v) is 18.8. The lowest BCUT2D eigenvalue weighted by Crippen LogP contribution is -2.49. The molecule has 0 spiro atoms. The Morgan fingerprint density at radius 1 is 0.933 bits per heavy atom. The zero-order valence-electron chi connectivity index (χ0n) is 16.5. The Morgan fingerprint density at radius 3 is 2.30 bits per heavy atom. The molecule has 2 aromatic heterocycles. The van der Waals surface area contributed by atoms with E-state index in [9.17, 15) is 8.42 Å². The van der Waals surface area contributed by atoms with Crippen molar-refractivity contribution in [2.24, 2.45) is 0 Å². The molecule has 0 radical (unpaired) electrons. The van der Waals surface area contributed by atoms with Gasteiger partial charge in [0.05, 0.1) is 5.02 Å². The zero-order chi connectivity index (χ0) is 21.5. The van der Waals surface area contributed by atoms with Crippen LogP contribution in [-0.2, 0) is 10.0 Å². The second-order valence-electron chi connectivity index (χ2n) is 7.02. The summed E-state index contributed by atoms with van der Waals surface area (Å²) in [4.78, 5) is 15.2. The monoisotopic (exact) mass is 466 g/mol. The average Bonchev–Trinajstić information content (AvgIpc) is 3.25. The molecule has 0 amide bonds. The summed E-state index contributed by atoms with van der Waals surface area (Å²) in [5.41, 5.74) is 0.668. The molecule has 0 bridgehead atoms. The van der Waals surface area contributed by atoms with Gasteiger partial charge in [0, 0.05) is 49.7 Å². The highest BCUT2D eigenvalue weighted by atomic mass is 35.5. The number of rotatable bonds is 4. The van der Waals surface area contributed by atoms with Gasteiger partial charge in [-0.15, -0.1) is 0 Å². The number of anilines is 1. The van der Waals surface area contributed by atoms with E-state index in [1.807, 2.05) is 23.8 Å². The molecule has 3 aromatic rings. The molecule has 1 fully saturated rings. The number of aryl methyl sites for hydroxylation is 2. The van der Waals surface area contributed by atoms with Crippen LogP contribution in [0.1, 0.15) is 11.4 Å². The maximum absolute atomic E-state index is 13.1. The largest absolute Gasteiger partial charge is 0.354 e.